The Morgan fingerprint density at radius 2 is 1.86 bits per heavy atom. The summed E-state index contributed by atoms with van der Waals surface area (Å²) < 4.78 is 0. The number of hydrogen-bond acceptors (Lipinski definition) is 3. The van der Waals surface area contributed by atoms with Gasteiger partial charge < -0.3 is 20.3 Å². The number of nitrogens with zero attached hydrogens (tertiary/aromatic N) is 1. The number of aliphatic hydroxyl groups excluding tert-OH is 1. The van der Waals surface area contributed by atoms with E-state index in [2.05, 4.69) is 10.3 Å². The molecule has 0 unspecified atom stereocenters. The Balaban J connectivity index is 1.84. The summed E-state index contributed by atoms with van der Waals surface area (Å²) in [6.07, 6.45) is -1.04. The molecule has 3 rings (SSSR count). The Labute approximate surface area is 168 Å². The zero-order valence-electron chi connectivity index (χ0n) is 15.6. The lowest BCUT2D eigenvalue weighted by Gasteiger charge is -2.25. The van der Waals surface area contributed by atoms with Crippen molar-refractivity contribution in [1.29, 1.82) is 0 Å². The van der Waals surface area contributed by atoms with Gasteiger partial charge in [-0.05, 0) is 36.2 Å². The summed E-state index contributed by atoms with van der Waals surface area (Å²) in [6.45, 7) is 0. The van der Waals surface area contributed by atoms with E-state index >= 15 is 0 Å². The Morgan fingerprint density at radius 3 is 2.54 bits per heavy atom. The number of H-pyrrole nitrogens is 1. The third-order valence-corrected chi connectivity index (χ3v) is 4.75. The molecule has 2 aromatic carbocycles. The highest BCUT2D eigenvalue weighted by molar-refractivity contribution is 6.31. The smallest absolute Gasteiger partial charge is 0.268 e. The van der Waals surface area contributed by atoms with Crippen LogP contribution in [0.4, 0.5) is 0 Å². The van der Waals surface area contributed by atoms with Crippen LogP contribution in [0.25, 0.3) is 10.9 Å². The summed E-state index contributed by atoms with van der Waals surface area (Å²) in [6, 6.07) is 15.6. The summed E-state index contributed by atoms with van der Waals surface area (Å²) in [7, 11) is 3.13. The van der Waals surface area contributed by atoms with E-state index in [1.54, 1.807) is 38.4 Å². The summed E-state index contributed by atoms with van der Waals surface area (Å²) in [5.74, 6) is -0.872. The lowest BCUT2D eigenvalue weighted by Crippen LogP contribution is -2.51. The standard InChI is InChI=1S/C21H22ClN3O3/c1-25(2)21(28)19(26)17(10-13-6-4-3-5-7-13)24-20(27)18-12-14-11-15(22)8-9-16(14)23-18/h3-9,11-12,17,19,23,26H,10H2,1-2H3,(H,24,27)/t17-,19-/m0/s1. The number of nitrogens with one attached hydrogen (secondary N) is 2. The molecule has 6 nitrogen and oxygen atoms in total. The Hall–Kier alpha value is -2.83. The van der Waals surface area contributed by atoms with Gasteiger partial charge in [0, 0.05) is 30.0 Å². The number of hydrogen-bond donors (Lipinski definition) is 3. The van der Waals surface area contributed by atoms with Crippen LogP contribution in [0.5, 0.6) is 0 Å². The third kappa shape index (κ3) is 4.52. The first-order chi connectivity index (χ1) is 13.3. The molecule has 0 spiro atoms. The van der Waals surface area contributed by atoms with Gasteiger partial charge in [0.2, 0.25) is 0 Å². The van der Waals surface area contributed by atoms with Gasteiger partial charge in [0.15, 0.2) is 6.10 Å². The Kier molecular flexibility index (Phi) is 6.02. The quantitative estimate of drug-likeness (QED) is 0.595. The molecule has 1 aromatic heterocycles. The SMILES string of the molecule is CN(C)C(=O)[C@@H](O)[C@H](Cc1ccccc1)NC(=O)c1cc2cc(Cl)ccc2[nH]1. The molecular formula is C21H22ClN3O3. The van der Waals surface area contributed by atoms with Crippen molar-refractivity contribution in [1.82, 2.24) is 15.2 Å². The second-order valence-corrected chi connectivity index (χ2v) is 7.30. The number of amides is 2. The molecule has 0 saturated carbocycles. The molecule has 1 heterocycles. The van der Waals surface area contributed by atoms with Crippen LogP contribution < -0.4 is 5.32 Å². The second kappa shape index (κ2) is 8.46. The predicted molar refractivity (Wildman–Crippen MR) is 109 cm³/mol. The molecule has 28 heavy (non-hydrogen) atoms. The molecule has 146 valence electrons. The van der Waals surface area contributed by atoms with Gasteiger partial charge in [-0.15, -0.1) is 0 Å². The Bertz CT molecular complexity index is 985. The third-order valence-electron chi connectivity index (χ3n) is 4.52. The summed E-state index contributed by atoms with van der Waals surface area (Å²) in [4.78, 5) is 29.4. The fraction of sp³-hybridized carbons (Fsp3) is 0.238. The van der Waals surface area contributed by atoms with Gasteiger partial charge in [-0.25, -0.2) is 0 Å². The van der Waals surface area contributed by atoms with Crippen LogP contribution >= 0.6 is 11.6 Å². The normalized spacial score (nSPS) is 13.1. The highest BCUT2D eigenvalue weighted by Crippen LogP contribution is 2.20. The van der Waals surface area contributed by atoms with Gasteiger partial charge >= 0.3 is 0 Å². The molecule has 2 amide bonds. The average Bonchev–Trinajstić information content (AvgIpc) is 3.10. The minimum atomic E-state index is -1.36. The maximum atomic E-state index is 12.8. The number of halogens is 1. The van der Waals surface area contributed by atoms with E-state index in [1.807, 2.05) is 30.3 Å². The number of aromatic amines is 1. The van der Waals surface area contributed by atoms with Crippen LogP contribution in [0.15, 0.2) is 54.6 Å². The number of rotatable bonds is 6. The number of fused-ring (bicyclic) bond motifs is 1. The highest BCUT2D eigenvalue weighted by atomic mass is 35.5. The average molecular weight is 400 g/mol. The van der Waals surface area contributed by atoms with Gasteiger partial charge in [0.05, 0.1) is 6.04 Å². The molecule has 7 heteroatoms. The molecular weight excluding hydrogens is 378 g/mol. The van der Waals surface area contributed by atoms with Crippen LogP contribution in [0.3, 0.4) is 0 Å². The fourth-order valence-electron chi connectivity index (χ4n) is 3.02. The maximum absolute atomic E-state index is 12.8. The van der Waals surface area contributed by atoms with Crippen LogP contribution in [0, 0.1) is 0 Å². The van der Waals surface area contributed by atoms with Gasteiger partial charge in [0.25, 0.3) is 11.8 Å². The summed E-state index contributed by atoms with van der Waals surface area (Å²) in [5.41, 5.74) is 2.01. The molecule has 3 N–H and O–H groups in total. The number of carbonyl (C=O) groups is 2. The molecule has 0 aliphatic rings. The van der Waals surface area contributed by atoms with Gasteiger partial charge in [-0.3, -0.25) is 9.59 Å². The van der Waals surface area contributed by atoms with Crippen LogP contribution in [0.1, 0.15) is 16.1 Å². The van der Waals surface area contributed by atoms with E-state index in [-0.39, 0.29) is 0 Å². The first kappa shape index (κ1) is 19.9. The number of likely N-dealkylation sites (N-methyl/N-ethyl adjacent to an activating group) is 1. The Morgan fingerprint density at radius 1 is 1.14 bits per heavy atom. The van der Waals surface area contributed by atoms with E-state index in [1.165, 1.54) is 4.90 Å². The molecule has 3 aromatic rings. The largest absolute Gasteiger partial charge is 0.381 e. The molecule has 0 bridgehead atoms. The number of benzene rings is 2. The topological polar surface area (TPSA) is 85.4 Å². The first-order valence-electron chi connectivity index (χ1n) is 8.87. The number of aliphatic hydroxyl groups is 1. The highest BCUT2D eigenvalue weighted by Gasteiger charge is 2.29. The van der Waals surface area contributed by atoms with E-state index in [4.69, 9.17) is 11.6 Å². The molecule has 0 radical (unpaired) electrons. The fourth-order valence-corrected chi connectivity index (χ4v) is 3.20. The molecule has 0 saturated heterocycles. The van der Waals surface area contributed by atoms with E-state index in [9.17, 15) is 14.7 Å². The lowest BCUT2D eigenvalue weighted by molar-refractivity contribution is -0.138. The van der Waals surface area contributed by atoms with Crippen molar-refractivity contribution in [2.75, 3.05) is 14.1 Å². The van der Waals surface area contributed by atoms with Crippen molar-refractivity contribution in [3.63, 3.8) is 0 Å². The van der Waals surface area contributed by atoms with E-state index < -0.39 is 24.0 Å². The molecule has 0 aliphatic heterocycles. The molecule has 2 atom stereocenters. The van der Waals surface area contributed by atoms with E-state index in [0.717, 1.165) is 16.5 Å². The number of aromatic nitrogens is 1. The van der Waals surface area contributed by atoms with Gasteiger partial charge in [0.1, 0.15) is 5.69 Å². The summed E-state index contributed by atoms with van der Waals surface area (Å²) in [5, 5.41) is 14.7. The second-order valence-electron chi connectivity index (χ2n) is 6.86. The van der Waals surface area contributed by atoms with E-state index in [0.29, 0.717) is 17.1 Å². The zero-order chi connectivity index (χ0) is 20.3. The maximum Gasteiger partial charge on any atom is 0.268 e. The van der Waals surface area contributed by atoms with Crippen LogP contribution in [0.2, 0.25) is 5.02 Å². The van der Waals surface area contributed by atoms with Crippen LogP contribution in [-0.2, 0) is 11.2 Å². The molecule has 0 fully saturated rings. The van der Waals surface area contributed by atoms with Gasteiger partial charge in [-0.2, -0.15) is 0 Å². The van der Waals surface area contributed by atoms with Crippen molar-refractivity contribution in [2.45, 2.75) is 18.6 Å². The van der Waals surface area contributed by atoms with Crippen molar-refractivity contribution in [3.8, 4) is 0 Å². The minimum Gasteiger partial charge on any atom is -0.381 e. The molecule has 0 aliphatic carbocycles. The predicted octanol–water partition coefficient (Wildman–Crippen LogP) is 2.61. The van der Waals surface area contributed by atoms with Crippen molar-refractivity contribution < 1.29 is 14.7 Å². The zero-order valence-corrected chi connectivity index (χ0v) is 16.4. The first-order valence-corrected chi connectivity index (χ1v) is 9.25. The monoisotopic (exact) mass is 399 g/mol. The summed E-state index contributed by atoms with van der Waals surface area (Å²) >= 11 is 6.00. The lowest BCUT2D eigenvalue weighted by atomic mass is 10.00. The van der Waals surface area contributed by atoms with Crippen molar-refractivity contribution >= 4 is 34.3 Å². The van der Waals surface area contributed by atoms with Crippen molar-refractivity contribution in [3.05, 3.63) is 70.9 Å². The minimum absolute atomic E-state index is 0.319. The van der Waals surface area contributed by atoms with Crippen molar-refractivity contribution in [2.24, 2.45) is 0 Å². The van der Waals surface area contributed by atoms with Gasteiger partial charge in [-0.1, -0.05) is 41.9 Å². The van der Waals surface area contributed by atoms with Crippen LogP contribution in [-0.4, -0.2) is 53.0 Å². The number of carbonyl (C=O) groups excluding carboxylic acids is 2.